The molecule has 1 aromatic rings. The van der Waals surface area contributed by atoms with Gasteiger partial charge in [-0.3, -0.25) is 0 Å². The number of ether oxygens (including phenoxy) is 1. The molecule has 1 aliphatic rings. The second kappa shape index (κ2) is 7.30. The van der Waals surface area contributed by atoms with E-state index in [2.05, 4.69) is 11.8 Å². The zero-order chi connectivity index (χ0) is 14.5. The number of piperidine rings is 1. The van der Waals surface area contributed by atoms with Gasteiger partial charge >= 0.3 is 0 Å². The smallest absolute Gasteiger partial charge is 0.137 e. The second-order valence-electron chi connectivity index (χ2n) is 5.75. The van der Waals surface area contributed by atoms with Crippen LogP contribution in [0.1, 0.15) is 37.9 Å². The summed E-state index contributed by atoms with van der Waals surface area (Å²) >= 11 is 6.10. The molecule has 0 bridgehead atoms. The molecular formula is C16H24ClNO2. The van der Waals surface area contributed by atoms with Gasteiger partial charge in [0.1, 0.15) is 5.75 Å². The van der Waals surface area contributed by atoms with Crippen LogP contribution in [0.25, 0.3) is 0 Å². The summed E-state index contributed by atoms with van der Waals surface area (Å²) in [5.41, 5.74) is 0.862. The van der Waals surface area contributed by atoms with E-state index in [0.717, 1.165) is 37.5 Å². The normalized spacial score (nSPS) is 21.7. The van der Waals surface area contributed by atoms with E-state index in [1.54, 1.807) is 13.2 Å². The summed E-state index contributed by atoms with van der Waals surface area (Å²) in [5.74, 6) is 1.42. The van der Waals surface area contributed by atoms with Crippen molar-refractivity contribution in [3.8, 4) is 5.75 Å². The summed E-state index contributed by atoms with van der Waals surface area (Å²) in [4.78, 5) is 2.45. The van der Waals surface area contributed by atoms with Crippen LogP contribution < -0.4 is 4.74 Å². The summed E-state index contributed by atoms with van der Waals surface area (Å²) in [5, 5.41) is 10.8. The van der Waals surface area contributed by atoms with E-state index < -0.39 is 6.10 Å². The highest BCUT2D eigenvalue weighted by Gasteiger charge is 2.18. The third-order valence-electron chi connectivity index (χ3n) is 4.02. The first-order chi connectivity index (χ1) is 9.60. The molecular weight excluding hydrogens is 274 g/mol. The van der Waals surface area contributed by atoms with Crippen LogP contribution in [0.2, 0.25) is 5.02 Å². The summed E-state index contributed by atoms with van der Waals surface area (Å²) in [6.45, 7) is 5.54. The number of likely N-dealkylation sites (tertiary alicyclic amines) is 1. The number of hydrogen-bond acceptors (Lipinski definition) is 3. The molecule has 2 atom stereocenters. The van der Waals surface area contributed by atoms with E-state index in [4.69, 9.17) is 16.3 Å². The fourth-order valence-electron chi connectivity index (χ4n) is 2.85. The van der Waals surface area contributed by atoms with Gasteiger partial charge in [0.15, 0.2) is 0 Å². The van der Waals surface area contributed by atoms with Crippen LogP contribution in [0.5, 0.6) is 5.75 Å². The molecule has 0 spiro atoms. The summed E-state index contributed by atoms with van der Waals surface area (Å²) in [6, 6.07) is 5.49. The van der Waals surface area contributed by atoms with E-state index in [1.807, 2.05) is 12.1 Å². The topological polar surface area (TPSA) is 32.7 Å². The molecule has 2 rings (SSSR count). The molecule has 1 aliphatic heterocycles. The minimum Gasteiger partial charge on any atom is -0.495 e. The lowest BCUT2D eigenvalue weighted by Crippen LogP contribution is -2.35. The number of hydrogen-bond donors (Lipinski definition) is 1. The molecule has 3 nitrogen and oxygen atoms in total. The fourth-order valence-corrected chi connectivity index (χ4v) is 3.12. The average molecular weight is 298 g/mol. The Labute approximate surface area is 126 Å². The lowest BCUT2D eigenvalue weighted by Gasteiger charge is -2.31. The van der Waals surface area contributed by atoms with Crippen LogP contribution in [0.15, 0.2) is 18.2 Å². The summed E-state index contributed by atoms with van der Waals surface area (Å²) in [6.07, 6.45) is 2.88. The molecule has 1 saturated heterocycles. The van der Waals surface area contributed by atoms with Gasteiger partial charge in [-0.1, -0.05) is 24.6 Å². The predicted octanol–water partition coefficient (Wildman–Crippen LogP) is 3.50. The molecule has 20 heavy (non-hydrogen) atoms. The number of aliphatic hydroxyl groups is 1. The van der Waals surface area contributed by atoms with Crippen molar-refractivity contribution in [2.45, 2.75) is 32.3 Å². The van der Waals surface area contributed by atoms with Gasteiger partial charge in [0.05, 0.1) is 18.2 Å². The first-order valence-electron chi connectivity index (χ1n) is 7.34. The highest BCUT2D eigenvalue weighted by Crippen LogP contribution is 2.29. The van der Waals surface area contributed by atoms with Crippen LogP contribution in [-0.4, -0.2) is 36.8 Å². The third kappa shape index (κ3) is 4.11. The van der Waals surface area contributed by atoms with E-state index in [9.17, 15) is 5.11 Å². The minimum atomic E-state index is -0.462. The van der Waals surface area contributed by atoms with E-state index in [-0.39, 0.29) is 0 Å². The zero-order valence-corrected chi connectivity index (χ0v) is 13.1. The van der Waals surface area contributed by atoms with Gasteiger partial charge in [0.25, 0.3) is 0 Å². The Balaban J connectivity index is 1.88. The average Bonchev–Trinajstić information content (AvgIpc) is 2.44. The Morgan fingerprint density at radius 2 is 2.30 bits per heavy atom. The largest absolute Gasteiger partial charge is 0.495 e. The van der Waals surface area contributed by atoms with Crippen LogP contribution in [0, 0.1) is 5.92 Å². The van der Waals surface area contributed by atoms with Gasteiger partial charge < -0.3 is 14.7 Å². The molecule has 1 heterocycles. The predicted molar refractivity (Wildman–Crippen MR) is 82.4 cm³/mol. The number of aliphatic hydroxyl groups excluding tert-OH is 1. The maximum absolute atomic E-state index is 10.3. The standard InChI is InChI=1S/C16H24ClNO2/c1-12-4-3-8-18(11-12)9-7-15(19)13-5-6-16(20-2)14(17)10-13/h5-6,10,12,15,19H,3-4,7-9,11H2,1-2H3. The van der Waals surface area contributed by atoms with E-state index in [1.165, 1.54) is 12.8 Å². The van der Waals surface area contributed by atoms with Crippen LogP contribution in [-0.2, 0) is 0 Å². The lowest BCUT2D eigenvalue weighted by atomic mass is 9.99. The van der Waals surface area contributed by atoms with Crippen molar-refractivity contribution < 1.29 is 9.84 Å². The summed E-state index contributed by atoms with van der Waals surface area (Å²) in [7, 11) is 1.59. The lowest BCUT2D eigenvalue weighted by molar-refractivity contribution is 0.122. The fraction of sp³-hybridized carbons (Fsp3) is 0.625. The third-order valence-corrected chi connectivity index (χ3v) is 4.32. The Morgan fingerprint density at radius 3 is 2.95 bits per heavy atom. The van der Waals surface area contributed by atoms with Crippen molar-refractivity contribution in [3.63, 3.8) is 0 Å². The van der Waals surface area contributed by atoms with Crippen LogP contribution in [0.3, 0.4) is 0 Å². The molecule has 0 radical (unpaired) electrons. The second-order valence-corrected chi connectivity index (χ2v) is 6.15. The van der Waals surface area contributed by atoms with Crippen LogP contribution >= 0.6 is 11.6 Å². The molecule has 1 fully saturated rings. The van der Waals surface area contributed by atoms with Gasteiger partial charge in [-0.15, -0.1) is 0 Å². The van der Waals surface area contributed by atoms with Crippen molar-refractivity contribution in [1.29, 1.82) is 0 Å². The first kappa shape index (κ1) is 15.6. The number of methoxy groups -OCH3 is 1. The SMILES string of the molecule is COc1ccc(C(O)CCN2CCCC(C)C2)cc1Cl. The Bertz CT molecular complexity index is 438. The van der Waals surface area contributed by atoms with Gasteiger partial charge in [-0.25, -0.2) is 0 Å². The highest BCUT2D eigenvalue weighted by molar-refractivity contribution is 6.32. The molecule has 1 aromatic carbocycles. The maximum atomic E-state index is 10.3. The number of rotatable bonds is 5. The molecule has 2 unspecified atom stereocenters. The van der Waals surface area contributed by atoms with Gasteiger partial charge in [0, 0.05) is 13.1 Å². The number of halogens is 1. The van der Waals surface area contributed by atoms with Crippen molar-refractivity contribution in [3.05, 3.63) is 28.8 Å². The number of nitrogens with zero attached hydrogens (tertiary/aromatic N) is 1. The van der Waals surface area contributed by atoms with E-state index in [0.29, 0.717) is 10.8 Å². The molecule has 0 aromatic heterocycles. The Morgan fingerprint density at radius 1 is 1.50 bits per heavy atom. The zero-order valence-electron chi connectivity index (χ0n) is 12.3. The minimum absolute atomic E-state index is 0.462. The van der Waals surface area contributed by atoms with Crippen LogP contribution in [0.4, 0.5) is 0 Å². The van der Waals surface area contributed by atoms with Crippen molar-refractivity contribution in [1.82, 2.24) is 4.90 Å². The maximum Gasteiger partial charge on any atom is 0.137 e. The molecule has 1 N–H and O–H groups in total. The van der Waals surface area contributed by atoms with Crippen molar-refractivity contribution >= 4 is 11.6 Å². The quantitative estimate of drug-likeness (QED) is 0.903. The monoisotopic (exact) mass is 297 g/mol. The number of benzene rings is 1. The van der Waals surface area contributed by atoms with E-state index >= 15 is 0 Å². The first-order valence-corrected chi connectivity index (χ1v) is 7.72. The highest BCUT2D eigenvalue weighted by atomic mass is 35.5. The molecule has 0 aliphatic carbocycles. The molecule has 0 amide bonds. The Kier molecular flexibility index (Phi) is 5.70. The Hall–Kier alpha value is -0.770. The molecule has 0 saturated carbocycles. The van der Waals surface area contributed by atoms with Gasteiger partial charge in [-0.2, -0.15) is 0 Å². The molecule has 4 heteroatoms. The van der Waals surface area contributed by atoms with Gasteiger partial charge in [0.2, 0.25) is 0 Å². The summed E-state index contributed by atoms with van der Waals surface area (Å²) < 4.78 is 5.12. The van der Waals surface area contributed by atoms with Crippen molar-refractivity contribution in [2.24, 2.45) is 5.92 Å². The molecule has 112 valence electrons. The van der Waals surface area contributed by atoms with Crippen molar-refractivity contribution in [2.75, 3.05) is 26.7 Å². The van der Waals surface area contributed by atoms with Gasteiger partial charge in [-0.05, 0) is 49.4 Å².